The van der Waals surface area contributed by atoms with Gasteiger partial charge in [-0.15, -0.1) is 0 Å². The van der Waals surface area contributed by atoms with Crippen molar-refractivity contribution in [2.75, 3.05) is 0 Å². The summed E-state index contributed by atoms with van der Waals surface area (Å²) in [5.74, 6) is -1.76. The van der Waals surface area contributed by atoms with Gasteiger partial charge in [0.25, 0.3) is 0 Å². The summed E-state index contributed by atoms with van der Waals surface area (Å²) in [5, 5.41) is 11.8. The second-order valence-electron chi connectivity index (χ2n) is 5.09. The third-order valence-electron chi connectivity index (χ3n) is 3.89. The maximum absolute atomic E-state index is 11.9. The lowest BCUT2D eigenvalue weighted by Crippen LogP contribution is -2.29. The molecule has 0 aromatic heterocycles. The number of amides is 1. The van der Waals surface area contributed by atoms with Gasteiger partial charge in [0, 0.05) is 0 Å². The number of hydrogen-bond acceptors (Lipinski definition) is 2. The van der Waals surface area contributed by atoms with E-state index in [1.54, 1.807) is 0 Å². The van der Waals surface area contributed by atoms with Crippen molar-refractivity contribution in [3.05, 3.63) is 35.4 Å². The largest absolute Gasteiger partial charge is 0.481 e. The molecule has 3 rings (SSSR count). The summed E-state index contributed by atoms with van der Waals surface area (Å²) in [5.41, 5.74) is 2.46. The van der Waals surface area contributed by atoms with Crippen LogP contribution in [0.25, 0.3) is 0 Å². The first-order valence-corrected chi connectivity index (χ1v) is 6.28. The van der Waals surface area contributed by atoms with E-state index < -0.39 is 11.9 Å². The molecule has 1 fully saturated rings. The Morgan fingerprint density at radius 2 is 2.00 bits per heavy atom. The van der Waals surface area contributed by atoms with Crippen molar-refractivity contribution in [1.29, 1.82) is 0 Å². The van der Waals surface area contributed by atoms with Crippen LogP contribution in [0.1, 0.15) is 30.0 Å². The van der Waals surface area contributed by atoms with Gasteiger partial charge >= 0.3 is 5.97 Å². The number of carboxylic acids is 1. The molecule has 2 aliphatic rings. The SMILES string of the molecule is O=C(O)[C@H]1C[C@H]1C(=O)NC1CCc2ccccc21. The van der Waals surface area contributed by atoms with Gasteiger partial charge in [0.15, 0.2) is 0 Å². The number of fused-ring (bicyclic) bond motifs is 1. The normalized spacial score (nSPS) is 28.6. The molecular weight excluding hydrogens is 230 g/mol. The molecule has 3 atom stereocenters. The Balaban J connectivity index is 1.65. The second-order valence-corrected chi connectivity index (χ2v) is 5.09. The minimum absolute atomic E-state index is 0.0590. The van der Waals surface area contributed by atoms with E-state index >= 15 is 0 Å². The van der Waals surface area contributed by atoms with Gasteiger partial charge in [-0.25, -0.2) is 0 Å². The maximum atomic E-state index is 11.9. The minimum atomic E-state index is -0.859. The summed E-state index contributed by atoms with van der Waals surface area (Å²) in [6.07, 6.45) is 2.37. The van der Waals surface area contributed by atoms with Crippen molar-refractivity contribution in [2.45, 2.75) is 25.3 Å². The number of carbonyl (C=O) groups is 2. The number of aliphatic carboxylic acids is 1. The van der Waals surface area contributed by atoms with Crippen LogP contribution in [0, 0.1) is 11.8 Å². The summed E-state index contributed by atoms with van der Waals surface area (Å²) in [4.78, 5) is 22.6. The third-order valence-corrected chi connectivity index (χ3v) is 3.89. The van der Waals surface area contributed by atoms with Crippen LogP contribution >= 0.6 is 0 Å². The summed E-state index contributed by atoms with van der Waals surface area (Å²) >= 11 is 0. The molecular formula is C14H15NO3. The standard InChI is InChI=1S/C14H15NO3/c16-13(10-7-11(10)14(17)18)15-12-6-5-8-3-1-2-4-9(8)12/h1-4,10-12H,5-7H2,(H,15,16)(H,17,18)/t10-,11+,12?/m1/s1. The first kappa shape index (κ1) is 11.3. The molecule has 94 valence electrons. The van der Waals surface area contributed by atoms with Crippen molar-refractivity contribution in [3.63, 3.8) is 0 Å². The highest BCUT2D eigenvalue weighted by Crippen LogP contribution is 2.40. The summed E-state index contributed by atoms with van der Waals surface area (Å²) in [7, 11) is 0. The molecule has 1 saturated carbocycles. The van der Waals surface area contributed by atoms with Crippen LogP contribution in [0.15, 0.2) is 24.3 Å². The lowest BCUT2D eigenvalue weighted by molar-refractivity contribution is -0.140. The smallest absolute Gasteiger partial charge is 0.307 e. The first-order chi connectivity index (χ1) is 8.66. The van der Waals surface area contributed by atoms with E-state index in [1.165, 1.54) is 11.1 Å². The molecule has 1 aromatic rings. The number of rotatable bonds is 3. The zero-order valence-corrected chi connectivity index (χ0v) is 9.93. The molecule has 0 heterocycles. The van der Waals surface area contributed by atoms with Crippen molar-refractivity contribution in [1.82, 2.24) is 5.32 Å². The number of benzene rings is 1. The van der Waals surface area contributed by atoms with Gasteiger partial charge in [-0.1, -0.05) is 24.3 Å². The zero-order chi connectivity index (χ0) is 12.7. The summed E-state index contributed by atoms with van der Waals surface area (Å²) < 4.78 is 0. The Hall–Kier alpha value is -1.84. The van der Waals surface area contributed by atoms with Crippen LogP contribution in [0.2, 0.25) is 0 Å². The maximum Gasteiger partial charge on any atom is 0.307 e. The van der Waals surface area contributed by atoms with Crippen LogP contribution in [0.3, 0.4) is 0 Å². The lowest BCUT2D eigenvalue weighted by Gasteiger charge is -2.13. The monoisotopic (exact) mass is 245 g/mol. The minimum Gasteiger partial charge on any atom is -0.481 e. The lowest BCUT2D eigenvalue weighted by atomic mass is 10.1. The molecule has 4 nitrogen and oxygen atoms in total. The molecule has 1 unspecified atom stereocenters. The van der Waals surface area contributed by atoms with Crippen LogP contribution in [-0.2, 0) is 16.0 Å². The van der Waals surface area contributed by atoms with Gasteiger partial charge in [0.05, 0.1) is 17.9 Å². The van der Waals surface area contributed by atoms with Gasteiger partial charge in [0.2, 0.25) is 5.91 Å². The fraction of sp³-hybridized carbons (Fsp3) is 0.429. The summed E-state index contributed by atoms with van der Waals surface area (Å²) in [6, 6.07) is 8.15. The van der Waals surface area contributed by atoms with E-state index in [0.29, 0.717) is 6.42 Å². The molecule has 0 spiro atoms. The van der Waals surface area contributed by atoms with E-state index in [1.807, 2.05) is 18.2 Å². The van der Waals surface area contributed by atoms with Crippen LogP contribution in [0.4, 0.5) is 0 Å². The fourth-order valence-corrected chi connectivity index (χ4v) is 2.74. The molecule has 2 aliphatic carbocycles. The van der Waals surface area contributed by atoms with Crippen molar-refractivity contribution >= 4 is 11.9 Å². The Bertz CT molecular complexity index is 512. The Labute approximate surface area is 105 Å². The van der Waals surface area contributed by atoms with Crippen molar-refractivity contribution < 1.29 is 14.7 Å². The Kier molecular flexibility index (Phi) is 2.58. The molecule has 18 heavy (non-hydrogen) atoms. The van der Waals surface area contributed by atoms with E-state index in [4.69, 9.17) is 5.11 Å². The highest BCUT2D eigenvalue weighted by Gasteiger charge is 2.48. The number of hydrogen-bond donors (Lipinski definition) is 2. The third kappa shape index (κ3) is 1.88. The zero-order valence-electron chi connectivity index (χ0n) is 9.93. The van der Waals surface area contributed by atoms with Crippen LogP contribution < -0.4 is 5.32 Å². The molecule has 0 saturated heterocycles. The second kappa shape index (κ2) is 4.12. The molecule has 0 aliphatic heterocycles. The predicted octanol–water partition coefficient (Wildman–Crippen LogP) is 1.51. The molecule has 1 aromatic carbocycles. The van der Waals surface area contributed by atoms with Gasteiger partial charge in [0.1, 0.15) is 0 Å². The Morgan fingerprint density at radius 1 is 1.22 bits per heavy atom. The van der Waals surface area contributed by atoms with E-state index in [2.05, 4.69) is 11.4 Å². The average molecular weight is 245 g/mol. The molecule has 4 heteroatoms. The van der Waals surface area contributed by atoms with Crippen molar-refractivity contribution in [3.8, 4) is 0 Å². The highest BCUT2D eigenvalue weighted by molar-refractivity contribution is 5.89. The predicted molar refractivity (Wildman–Crippen MR) is 64.9 cm³/mol. The quantitative estimate of drug-likeness (QED) is 0.848. The molecule has 1 amide bonds. The number of aryl methyl sites for hydroxylation is 1. The van der Waals surface area contributed by atoms with E-state index in [9.17, 15) is 9.59 Å². The Morgan fingerprint density at radius 3 is 2.72 bits per heavy atom. The molecule has 0 radical (unpaired) electrons. The first-order valence-electron chi connectivity index (χ1n) is 6.28. The average Bonchev–Trinajstić information content (AvgIpc) is 3.08. The summed E-state index contributed by atoms with van der Waals surface area (Å²) in [6.45, 7) is 0. The molecule has 0 bridgehead atoms. The topological polar surface area (TPSA) is 66.4 Å². The van der Waals surface area contributed by atoms with Gasteiger partial charge < -0.3 is 10.4 Å². The number of nitrogens with one attached hydrogen (secondary N) is 1. The van der Waals surface area contributed by atoms with E-state index in [-0.39, 0.29) is 17.9 Å². The van der Waals surface area contributed by atoms with Crippen LogP contribution in [0.5, 0.6) is 0 Å². The fourth-order valence-electron chi connectivity index (χ4n) is 2.74. The van der Waals surface area contributed by atoms with Crippen molar-refractivity contribution in [2.24, 2.45) is 11.8 Å². The molecule has 2 N–H and O–H groups in total. The number of carbonyl (C=O) groups excluding carboxylic acids is 1. The van der Waals surface area contributed by atoms with Gasteiger partial charge in [-0.05, 0) is 30.4 Å². The highest BCUT2D eigenvalue weighted by atomic mass is 16.4. The van der Waals surface area contributed by atoms with E-state index in [0.717, 1.165) is 12.8 Å². The van der Waals surface area contributed by atoms with Gasteiger partial charge in [-0.2, -0.15) is 0 Å². The van der Waals surface area contributed by atoms with Crippen LogP contribution in [-0.4, -0.2) is 17.0 Å². The van der Waals surface area contributed by atoms with Gasteiger partial charge in [-0.3, -0.25) is 9.59 Å². The number of carboxylic acid groups (broad SMARTS) is 1.